The second-order valence-electron chi connectivity index (χ2n) is 7.60. The lowest BCUT2D eigenvalue weighted by Crippen LogP contribution is -1.85. The zero-order chi connectivity index (χ0) is 22.1. The Morgan fingerprint density at radius 3 is 1.40 bits per heavy atom. The van der Waals surface area contributed by atoms with E-state index in [1.54, 1.807) is 0 Å². The monoisotopic (exact) mass is 412 g/mol. The SMILES string of the molecule is C.C.C=C(C)CCC.C=C(C)c1cc(C)ccc1C.CCC.Cc1ccccc1C. The molecule has 2 aromatic rings. The highest BCUT2D eigenvalue weighted by molar-refractivity contribution is 5.64. The standard InChI is InChI=1S/C11H14.C8H10.C6H12.C3H8.2CH4/c1-8(2)11-7-9(3)5-6-10(11)4;1-7-5-3-4-6-8(7)2;1-4-5-6(2)3;1-3-2;;/h5-7H,1H2,2-4H3;3-6H,1-2H3;2,4-5H2,1,3H3;3H2,1-2H3;2*1H4. The highest BCUT2D eigenvalue weighted by Gasteiger charge is 1.97. The van der Waals surface area contributed by atoms with Gasteiger partial charge in [0.25, 0.3) is 0 Å². The summed E-state index contributed by atoms with van der Waals surface area (Å²) in [5.74, 6) is 0. The van der Waals surface area contributed by atoms with Crippen molar-refractivity contribution >= 4 is 5.57 Å². The summed E-state index contributed by atoms with van der Waals surface area (Å²) in [4.78, 5) is 0. The Morgan fingerprint density at radius 2 is 1.17 bits per heavy atom. The van der Waals surface area contributed by atoms with Crippen molar-refractivity contribution in [3.63, 3.8) is 0 Å². The van der Waals surface area contributed by atoms with Crippen LogP contribution in [0.2, 0.25) is 0 Å². The molecule has 2 rings (SSSR count). The topological polar surface area (TPSA) is 0 Å². The molecule has 30 heavy (non-hydrogen) atoms. The van der Waals surface area contributed by atoms with E-state index in [2.05, 4.69) is 111 Å². The molecule has 0 aromatic heterocycles. The fourth-order valence-electron chi connectivity index (χ4n) is 2.29. The van der Waals surface area contributed by atoms with Crippen LogP contribution in [0.1, 0.15) is 96.6 Å². The van der Waals surface area contributed by atoms with Crippen LogP contribution >= 0.6 is 0 Å². The first-order valence-electron chi connectivity index (χ1n) is 10.5. The quantitative estimate of drug-likeness (QED) is 0.440. The molecule has 0 atom stereocenters. The number of hydrogen-bond acceptors (Lipinski definition) is 0. The van der Waals surface area contributed by atoms with Crippen molar-refractivity contribution in [3.05, 3.63) is 89.0 Å². The molecule has 172 valence electrons. The first-order valence-corrected chi connectivity index (χ1v) is 10.5. The van der Waals surface area contributed by atoms with Crippen LogP contribution in [0, 0.1) is 27.7 Å². The molecule has 0 aliphatic rings. The first-order chi connectivity index (χ1) is 13.1. The minimum absolute atomic E-state index is 0. The Hall–Kier alpha value is -2.08. The van der Waals surface area contributed by atoms with Crippen LogP contribution in [-0.2, 0) is 0 Å². The van der Waals surface area contributed by atoms with Gasteiger partial charge in [-0.05, 0) is 70.2 Å². The Kier molecular flexibility index (Phi) is 25.5. The van der Waals surface area contributed by atoms with Crippen molar-refractivity contribution in [3.8, 4) is 0 Å². The molecule has 0 nitrogen and oxygen atoms in total. The molecule has 0 bridgehead atoms. The lowest BCUT2D eigenvalue weighted by atomic mass is 10.0. The van der Waals surface area contributed by atoms with Gasteiger partial charge in [-0.3, -0.25) is 0 Å². The van der Waals surface area contributed by atoms with Crippen LogP contribution in [0.5, 0.6) is 0 Å². The Balaban J connectivity index is -0.000000159. The van der Waals surface area contributed by atoms with Crippen LogP contribution in [0.4, 0.5) is 0 Å². The Morgan fingerprint density at radius 1 is 0.733 bits per heavy atom. The highest BCUT2D eigenvalue weighted by atomic mass is 14.0. The van der Waals surface area contributed by atoms with Crippen LogP contribution < -0.4 is 0 Å². The van der Waals surface area contributed by atoms with E-state index >= 15 is 0 Å². The maximum Gasteiger partial charge on any atom is -0.0201 e. The minimum atomic E-state index is 0. The number of benzene rings is 2. The fraction of sp³-hybridized carbons (Fsp3) is 0.467. The van der Waals surface area contributed by atoms with Gasteiger partial charge in [0.05, 0.1) is 0 Å². The van der Waals surface area contributed by atoms with Crippen molar-refractivity contribution in [2.45, 2.75) is 96.4 Å². The van der Waals surface area contributed by atoms with Gasteiger partial charge >= 0.3 is 0 Å². The van der Waals surface area contributed by atoms with Gasteiger partial charge < -0.3 is 0 Å². The first kappa shape index (κ1) is 35.4. The lowest BCUT2D eigenvalue weighted by Gasteiger charge is -2.05. The molecular formula is C30H52. The lowest BCUT2D eigenvalue weighted by molar-refractivity contribution is 0.910. The molecule has 2 aromatic carbocycles. The maximum absolute atomic E-state index is 3.93. The molecule has 0 amide bonds. The van der Waals surface area contributed by atoms with Gasteiger partial charge in [0.1, 0.15) is 0 Å². The summed E-state index contributed by atoms with van der Waals surface area (Å²) in [6.07, 6.45) is 3.66. The summed E-state index contributed by atoms with van der Waals surface area (Å²) in [5, 5.41) is 0. The maximum atomic E-state index is 3.93. The van der Waals surface area contributed by atoms with Crippen LogP contribution in [0.15, 0.2) is 61.2 Å². The van der Waals surface area contributed by atoms with E-state index in [0.717, 1.165) is 5.57 Å². The second-order valence-corrected chi connectivity index (χ2v) is 7.60. The van der Waals surface area contributed by atoms with E-state index in [4.69, 9.17) is 0 Å². The summed E-state index contributed by atoms with van der Waals surface area (Å²) in [5.41, 5.74) is 9.06. The largest absolute Gasteiger partial charge is 0.100 e. The third kappa shape index (κ3) is 19.2. The van der Waals surface area contributed by atoms with E-state index in [1.807, 2.05) is 6.92 Å². The molecular weight excluding hydrogens is 360 g/mol. The van der Waals surface area contributed by atoms with E-state index < -0.39 is 0 Å². The van der Waals surface area contributed by atoms with Gasteiger partial charge in [0.2, 0.25) is 0 Å². The zero-order valence-corrected chi connectivity index (χ0v) is 20.1. The normalized spacial score (nSPS) is 8.30. The predicted molar refractivity (Wildman–Crippen MR) is 146 cm³/mol. The molecule has 0 saturated carbocycles. The van der Waals surface area contributed by atoms with Crippen molar-refractivity contribution in [1.82, 2.24) is 0 Å². The number of rotatable bonds is 3. The molecule has 0 unspecified atom stereocenters. The van der Waals surface area contributed by atoms with Crippen molar-refractivity contribution in [2.75, 3.05) is 0 Å². The molecule has 0 aliphatic heterocycles. The van der Waals surface area contributed by atoms with Crippen LogP contribution in [-0.4, -0.2) is 0 Å². The summed E-state index contributed by atoms with van der Waals surface area (Å²) in [6.45, 7) is 26.6. The van der Waals surface area contributed by atoms with E-state index in [1.165, 1.54) is 52.7 Å². The molecule has 0 fully saturated rings. The number of aryl methyl sites for hydroxylation is 4. The van der Waals surface area contributed by atoms with Gasteiger partial charge in [-0.1, -0.05) is 114 Å². The van der Waals surface area contributed by atoms with E-state index in [9.17, 15) is 0 Å². The van der Waals surface area contributed by atoms with E-state index in [0.29, 0.717) is 0 Å². The average Bonchev–Trinajstić information content (AvgIpc) is 2.61. The minimum Gasteiger partial charge on any atom is -0.100 e. The Labute approximate surface area is 191 Å². The fourth-order valence-corrected chi connectivity index (χ4v) is 2.29. The average molecular weight is 413 g/mol. The third-order valence-electron chi connectivity index (χ3n) is 3.96. The smallest absolute Gasteiger partial charge is 0.0201 e. The summed E-state index contributed by atoms with van der Waals surface area (Å²) < 4.78 is 0. The molecule has 0 radical (unpaired) electrons. The van der Waals surface area contributed by atoms with Gasteiger partial charge in [-0.25, -0.2) is 0 Å². The van der Waals surface area contributed by atoms with Gasteiger partial charge in [0.15, 0.2) is 0 Å². The molecule has 0 N–H and O–H groups in total. The van der Waals surface area contributed by atoms with Crippen molar-refractivity contribution in [2.24, 2.45) is 0 Å². The molecule has 0 heterocycles. The van der Waals surface area contributed by atoms with Gasteiger partial charge in [0, 0.05) is 0 Å². The zero-order valence-electron chi connectivity index (χ0n) is 20.1. The third-order valence-corrected chi connectivity index (χ3v) is 3.96. The number of hydrogen-bond donors (Lipinski definition) is 0. The summed E-state index contributed by atoms with van der Waals surface area (Å²) in [7, 11) is 0. The van der Waals surface area contributed by atoms with Gasteiger partial charge in [-0.2, -0.15) is 0 Å². The second kappa shape index (κ2) is 21.6. The van der Waals surface area contributed by atoms with E-state index in [-0.39, 0.29) is 14.9 Å². The van der Waals surface area contributed by atoms with Crippen LogP contribution in [0.25, 0.3) is 5.57 Å². The van der Waals surface area contributed by atoms with Crippen LogP contribution in [0.3, 0.4) is 0 Å². The molecule has 0 heteroatoms. The summed E-state index contributed by atoms with van der Waals surface area (Å²) >= 11 is 0. The molecule has 0 saturated heterocycles. The summed E-state index contributed by atoms with van der Waals surface area (Å²) in [6, 6.07) is 14.8. The van der Waals surface area contributed by atoms with Crippen molar-refractivity contribution < 1.29 is 0 Å². The van der Waals surface area contributed by atoms with Gasteiger partial charge in [-0.15, -0.1) is 6.58 Å². The Bertz CT molecular complexity index is 668. The molecule has 0 aliphatic carbocycles. The highest BCUT2D eigenvalue weighted by Crippen LogP contribution is 2.17. The molecule has 0 spiro atoms. The van der Waals surface area contributed by atoms with Crippen molar-refractivity contribution in [1.29, 1.82) is 0 Å². The predicted octanol–water partition coefficient (Wildman–Crippen LogP) is 10.7. The number of allylic oxidation sites excluding steroid dienone is 2.